The molecular formula is C10H7N5O. The van der Waals surface area contributed by atoms with Gasteiger partial charge in [-0.05, 0) is 6.07 Å². The number of rotatable bonds is 1. The molecule has 16 heavy (non-hydrogen) atoms. The van der Waals surface area contributed by atoms with Crippen LogP contribution in [-0.2, 0) is 0 Å². The van der Waals surface area contributed by atoms with Crippen LogP contribution in [0.5, 0.6) is 0 Å². The number of hydrogen-bond donors (Lipinski definition) is 2. The fourth-order valence-electron chi connectivity index (χ4n) is 1.63. The van der Waals surface area contributed by atoms with Crippen molar-refractivity contribution < 1.29 is 4.79 Å². The Morgan fingerprint density at radius 3 is 2.94 bits per heavy atom. The van der Waals surface area contributed by atoms with Gasteiger partial charge in [0.1, 0.15) is 5.69 Å². The van der Waals surface area contributed by atoms with E-state index in [1.165, 1.54) is 6.20 Å². The van der Waals surface area contributed by atoms with E-state index in [1.54, 1.807) is 18.5 Å². The average molecular weight is 213 g/mol. The third-order valence-electron chi connectivity index (χ3n) is 2.42. The number of hydrogen-bond acceptors (Lipinski definition) is 4. The molecule has 78 valence electrons. The van der Waals surface area contributed by atoms with Gasteiger partial charge in [-0.2, -0.15) is 5.10 Å². The Balaban J connectivity index is 2.46. The molecule has 3 N–H and O–H groups in total. The summed E-state index contributed by atoms with van der Waals surface area (Å²) in [5.41, 5.74) is 6.92. The van der Waals surface area contributed by atoms with Crippen LogP contribution in [-0.4, -0.2) is 26.1 Å². The minimum Gasteiger partial charge on any atom is -0.364 e. The molecule has 0 saturated carbocycles. The second-order valence-electron chi connectivity index (χ2n) is 3.41. The van der Waals surface area contributed by atoms with Crippen molar-refractivity contribution in [1.29, 1.82) is 0 Å². The number of nitrogens with two attached hydrogens (primary N) is 1. The van der Waals surface area contributed by atoms with Crippen LogP contribution < -0.4 is 5.73 Å². The zero-order chi connectivity index (χ0) is 11.1. The highest BCUT2D eigenvalue weighted by atomic mass is 16.1. The zero-order valence-electron chi connectivity index (χ0n) is 8.14. The molecule has 0 aromatic carbocycles. The molecular weight excluding hydrogens is 206 g/mol. The summed E-state index contributed by atoms with van der Waals surface area (Å²) in [6.45, 7) is 0. The largest absolute Gasteiger partial charge is 0.364 e. The van der Waals surface area contributed by atoms with Gasteiger partial charge in [-0.15, -0.1) is 0 Å². The van der Waals surface area contributed by atoms with Crippen molar-refractivity contribution in [3.8, 4) is 0 Å². The van der Waals surface area contributed by atoms with Gasteiger partial charge in [-0.25, -0.2) is 4.98 Å². The molecule has 0 aliphatic carbocycles. The Morgan fingerprint density at radius 2 is 2.12 bits per heavy atom. The van der Waals surface area contributed by atoms with Crippen molar-refractivity contribution in [3.05, 3.63) is 30.4 Å². The number of carbonyl (C=O) groups is 1. The first-order chi connectivity index (χ1) is 7.75. The predicted molar refractivity (Wildman–Crippen MR) is 57.7 cm³/mol. The van der Waals surface area contributed by atoms with E-state index in [0.717, 1.165) is 16.3 Å². The van der Waals surface area contributed by atoms with E-state index in [4.69, 9.17) is 5.73 Å². The fraction of sp³-hybridized carbons (Fsp3) is 0. The molecule has 3 aromatic rings. The van der Waals surface area contributed by atoms with Crippen molar-refractivity contribution >= 4 is 27.7 Å². The van der Waals surface area contributed by atoms with Crippen LogP contribution in [0.3, 0.4) is 0 Å². The van der Waals surface area contributed by atoms with Gasteiger partial charge in [0.15, 0.2) is 0 Å². The van der Waals surface area contributed by atoms with Crippen LogP contribution in [0.15, 0.2) is 24.7 Å². The topological polar surface area (TPSA) is 97.6 Å². The van der Waals surface area contributed by atoms with Gasteiger partial charge < -0.3 is 5.73 Å². The molecule has 0 aliphatic rings. The van der Waals surface area contributed by atoms with Crippen LogP contribution >= 0.6 is 0 Å². The lowest BCUT2D eigenvalue weighted by Crippen LogP contribution is -2.12. The normalized spacial score (nSPS) is 11.0. The maximum atomic E-state index is 11.0. The van der Waals surface area contributed by atoms with Gasteiger partial charge in [0, 0.05) is 17.0 Å². The minimum atomic E-state index is -0.557. The van der Waals surface area contributed by atoms with Gasteiger partial charge in [0.2, 0.25) is 0 Å². The fourth-order valence-corrected chi connectivity index (χ4v) is 1.63. The highest BCUT2D eigenvalue weighted by molar-refractivity contribution is 6.05. The zero-order valence-corrected chi connectivity index (χ0v) is 8.14. The standard InChI is InChI=1S/C10H7N5O/c11-10(16)7-1-6-8(4-13-7)12-2-5-3-14-15-9(5)6/h1-4H,(H2,11,16)(H,14,15). The van der Waals surface area contributed by atoms with Crippen molar-refractivity contribution in [1.82, 2.24) is 20.2 Å². The van der Waals surface area contributed by atoms with E-state index in [2.05, 4.69) is 20.2 Å². The highest BCUT2D eigenvalue weighted by Crippen LogP contribution is 2.20. The number of amides is 1. The van der Waals surface area contributed by atoms with Gasteiger partial charge in [-0.3, -0.25) is 14.9 Å². The summed E-state index contributed by atoms with van der Waals surface area (Å²) in [5, 5.41) is 8.46. The third kappa shape index (κ3) is 1.13. The average Bonchev–Trinajstić information content (AvgIpc) is 2.76. The van der Waals surface area contributed by atoms with Crippen molar-refractivity contribution in [3.63, 3.8) is 0 Å². The van der Waals surface area contributed by atoms with Gasteiger partial charge in [0.05, 0.1) is 23.4 Å². The first kappa shape index (κ1) is 8.78. The van der Waals surface area contributed by atoms with Crippen molar-refractivity contribution in [2.75, 3.05) is 0 Å². The Kier molecular flexibility index (Phi) is 1.64. The Bertz CT molecular complexity index is 703. The first-order valence-electron chi connectivity index (χ1n) is 4.63. The van der Waals surface area contributed by atoms with E-state index < -0.39 is 5.91 Å². The lowest BCUT2D eigenvalue weighted by atomic mass is 10.2. The van der Waals surface area contributed by atoms with Crippen LogP contribution in [0, 0.1) is 0 Å². The molecule has 0 radical (unpaired) electrons. The third-order valence-corrected chi connectivity index (χ3v) is 2.42. The SMILES string of the molecule is NC(=O)c1cc2c(cn1)ncc1cn[nH]c12. The molecule has 0 spiro atoms. The maximum Gasteiger partial charge on any atom is 0.267 e. The molecule has 6 nitrogen and oxygen atoms in total. The van der Waals surface area contributed by atoms with Crippen LogP contribution in [0.1, 0.15) is 10.5 Å². The summed E-state index contributed by atoms with van der Waals surface area (Å²) in [6, 6.07) is 1.62. The molecule has 0 saturated heterocycles. The monoisotopic (exact) mass is 213 g/mol. The summed E-state index contributed by atoms with van der Waals surface area (Å²) < 4.78 is 0. The molecule has 1 amide bonds. The second-order valence-corrected chi connectivity index (χ2v) is 3.41. The smallest absolute Gasteiger partial charge is 0.267 e. The summed E-state index contributed by atoms with van der Waals surface area (Å²) in [7, 11) is 0. The number of carbonyl (C=O) groups excluding carboxylic acids is 1. The summed E-state index contributed by atoms with van der Waals surface area (Å²) in [6.07, 6.45) is 4.90. The molecule has 6 heteroatoms. The number of aromatic nitrogens is 4. The van der Waals surface area contributed by atoms with E-state index in [1.807, 2.05) is 0 Å². The van der Waals surface area contributed by atoms with Crippen molar-refractivity contribution in [2.45, 2.75) is 0 Å². The number of H-pyrrole nitrogens is 1. The maximum absolute atomic E-state index is 11.0. The van der Waals surface area contributed by atoms with Crippen LogP contribution in [0.25, 0.3) is 21.8 Å². The Hall–Kier alpha value is -2.50. The Morgan fingerprint density at radius 1 is 1.25 bits per heavy atom. The number of pyridine rings is 2. The predicted octanol–water partition coefficient (Wildman–Crippen LogP) is 0.605. The molecule has 0 atom stereocenters. The Labute approximate surface area is 89.5 Å². The summed E-state index contributed by atoms with van der Waals surface area (Å²) in [4.78, 5) is 19.2. The quantitative estimate of drug-likeness (QED) is 0.618. The number of primary amides is 1. The molecule has 0 fully saturated rings. The highest BCUT2D eigenvalue weighted by Gasteiger charge is 2.08. The van der Waals surface area contributed by atoms with E-state index in [0.29, 0.717) is 5.52 Å². The molecule has 3 rings (SSSR count). The van der Waals surface area contributed by atoms with Crippen molar-refractivity contribution in [2.24, 2.45) is 5.73 Å². The van der Waals surface area contributed by atoms with E-state index >= 15 is 0 Å². The minimum absolute atomic E-state index is 0.219. The molecule has 3 heterocycles. The van der Waals surface area contributed by atoms with Crippen LogP contribution in [0.4, 0.5) is 0 Å². The number of nitrogens with one attached hydrogen (secondary N) is 1. The van der Waals surface area contributed by atoms with E-state index in [9.17, 15) is 4.79 Å². The molecule has 0 unspecified atom stereocenters. The van der Waals surface area contributed by atoms with Crippen LogP contribution in [0.2, 0.25) is 0 Å². The number of aromatic amines is 1. The molecule has 3 aromatic heterocycles. The first-order valence-corrected chi connectivity index (χ1v) is 4.63. The lowest BCUT2D eigenvalue weighted by Gasteiger charge is -1.99. The van der Waals surface area contributed by atoms with E-state index in [-0.39, 0.29) is 5.69 Å². The van der Waals surface area contributed by atoms with Gasteiger partial charge >= 0.3 is 0 Å². The number of fused-ring (bicyclic) bond motifs is 3. The lowest BCUT2D eigenvalue weighted by molar-refractivity contribution is 0.0996. The summed E-state index contributed by atoms with van der Waals surface area (Å²) in [5.74, 6) is -0.557. The molecule has 0 aliphatic heterocycles. The van der Waals surface area contributed by atoms with Gasteiger partial charge in [0.25, 0.3) is 5.91 Å². The number of nitrogens with zero attached hydrogens (tertiary/aromatic N) is 3. The molecule has 0 bridgehead atoms. The summed E-state index contributed by atoms with van der Waals surface area (Å²) >= 11 is 0. The van der Waals surface area contributed by atoms with Gasteiger partial charge in [-0.1, -0.05) is 0 Å². The second kappa shape index (κ2) is 2.99.